The van der Waals surface area contributed by atoms with E-state index in [-0.39, 0.29) is 5.69 Å². The number of anilines is 1. The highest BCUT2D eigenvalue weighted by atomic mass is 79.9. The van der Waals surface area contributed by atoms with E-state index >= 15 is 0 Å². The van der Waals surface area contributed by atoms with Crippen molar-refractivity contribution in [3.05, 3.63) is 44.8 Å². The number of nitrogens with zero attached hydrogens (tertiary/aromatic N) is 1. The fourth-order valence-corrected chi connectivity index (χ4v) is 2.90. The predicted molar refractivity (Wildman–Crippen MR) is 79.4 cm³/mol. The van der Waals surface area contributed by atoms with Gasteiger partial charge in [-0.2, -0.15) is 4.98 Å². The number of hydrogen-bond donors (Lipinski definition) is 2. The van der Waals surface area contributed by atoms with Crippen LogP contribution in [0.4, 0.5) is 5.82 Å². The molecule has 0 radical (unpaired) electrons. The number of halogens is 1. The average molecular weight is 320 g/mol. The quantitative estimate of drug-likeness (QED) is 0.849. The highest BCUT2D eigenvalue weighted by molar-refractivity contribution is 9.10. The van der Waals surface area contributed by atoms with E-state index in [1.54, 1.807) is 0 Å². The number of nitrogens with one attached hydrogen (secondary N) is 2. The Hall–Kier alpha value is -1.62. The molecule has 2 aromatic rings. The Bertz CT molecular complexity index is 666. The van der Waals surface area contributed by atoms with Crippen molar-refractivity contribution in [3.63, 3.8) is 0 Å². The zero-order valence-corrected chi connectivity index (χ0v) is 12.0. The van der Waals surface area contributed by atoms with Crippen LogP contribution >= 0.6 is 15.9 Å². The van der Waals surface area contributed by atoms with Crippen molar-refractivity contribution in [1.29, 1.82) is 0 Å². The standard InChI is InChI=1S/C14H14BrN3O/c15-11-7-2-1-5-9(11)12-10-6-3-4-8-16-13(10)18-14(19)17-12/h1-2,5,7H,3-4,6,8H2,(H2,16,17,18,19). The minimum Gasteiger partial charge on any atom is -0.370 e. The third-order valence-electron chi connectivity index (χ3n) is 3.32. The van der Waals surface area contributed by atoms with Crippen molar-refractivity contribution in [1.82, 2.24) is 9.97 Å². The summed E-state index contributed by atoms with van der Waals surface area (Å²) in [5.74, 6) is 0.729. The number of hydrogen-bond acceptors (Lipinski definition) is 3. The summed E-state index contributed by atoms with van der Waals surface area (Å²) < 4.78 is 0.975. The van der Waals surface area contributed by atoms with Gasteiger partial charge in [-0.25, -0.2) is 4.79 Å². The first-order valence-corrected chi connectivity index (χ1v) is 7.17. The first-order valence-electron chi connectivity index (χ1n) is 6.37. The Balaban J connectivity index is 2.24. The molecule has 0 fully saturated rings. The van der Waals surface area contributed by atoms with Crippen molar-refractivity contribution in [3.8, 4) is 11.3 Å². The van der Waals surface area contributed by atoms with Crippen molar-refractivity contribution < 1.29 is 0 Å². The van der Waals surface area contributed by atoms with Crippen LogP contribution in [0, 0.1) is 0 Å². The van der Waals surface area contributed by atoms with Gasteiger partial charge in [-0.15, -0.1) is 0 Å². The van der Waals surface area contributed by atoms with E-state index in [4.69, 9.17) is 0 Å². The third kappa shape index (κ3) is 2.42. The zero-order chi connectivity index (χ0) is 13.2. The molecule has 0 unspecified atom stereocenters. The van der Waals surface area contributed by atoms with E-state index in [1.807, 2.05) is 24.3 Å². The maximum absolute atomic E-state index is 11.7. The lowest BCUT2D eigenvalue weighted by molar-refractivity contribution is 0.785. The molecule has 4 nitrogen and oxygen atoms in total. The molecule has 1 aliphatic heterocycles. The largest absolute Gasteiger partial charge is 0.370 e. The second kappa shape index (κ2) is 5.17. The molecular formula is C14H14BrN3O. The smallest absolute Gasteiger partial charge is 0.347 e. The van der Waals surface area contributed by atoms with Gasteiger partial charge in [0.15, 0.2) is 0 Å². The van der Waals surface area contributed by atoms with Crippen LogP contribution in [0.2, 0.25) is 0 Å². The van der Waals surface area contributed by atoms with E-state index in [1.165, 1.54) is 0 Å². The summed E-state index contributed by atoms with van der Waals surface area (Å²) in [6, 6.07) is 7.91. The molecule has 0 aliphatic carbocycles. The molecular weight excluding hydrogens is 306 g/mol. The molecule has 98 valence electrons. The summed E-state index contributed by atoms with van der Waals surface area (Å²) in [5, 5.41) is 3.25. The molecule has 5 heteroatoms. The Morgan fingerprint density at radius 3 is 2.89 bits per heavy atom. The number of benzene rings is 1. The minimum absolute atomic E-state index is 0.307. The monoisotopic (exact) mass is 319 g/mol. The van der Waals surface area contributed by atoms with Crippen LogP contribution in [-0.4, -0.2) is 16.5 Å². The second-order valence-electron chi connectivity index (χ2n) is 4.61. The van der Waals surface area contributed by atoms with E-state index in [9.17, 15) is 4.79 Å². The number of aromatic amines is 1. The maximum atomic E-state index is 11.7. The van der Waals surface area contributed by atoms with Gasteiger partial charge in [-0.05, 0) is 25.3 Å². The summed E-state index contributed by atoms with van der Waals surface area (Å²) in [5.41, 5.74) is 2.67. The van der Waals surface area contributed by atoms with E-state index in [2.05, 4.69) is 31.2 Å². The van der Waals surface area contributed by atoms with Crippen LogP contribution < -0.4 is 11.0 Å². The number of rotatable bonds is 1. The van der Waals surface area contributed by atoms with Gasteiger partial charge in [-0.1, -0.05) is 34.1 Å². The lowest BCUT2D eigenvalue weighted by Gasteiger charge is -2.12. The number of aromatic nitrogens is 2. The lowest BCUT2D eigenvalue weighted by atomic mass is 10.0. The fourth-order valence-electron chi connectivity index (χ4n) is 2.41. The van der Waals surface area contributed by atoms with Gasteiger partial charge >= 0.3 is 5.69 Å². The Kier molecular flexibility index (Phi) is 3.38. The minimum atomic E-state index is -0.307. The second-order valence-corrected chi connectivity index (χ2v) is 5.46. The number of fused-ring (bicyclic) bond motifs is 1. The topological polar surface area (TPSA) is 57.8 Å². The molecule has 0 spiro atoms. The fraction of sp³-hybridized carbons (Fsp3) is 0.286. The maximum Gasteiger partial charge on any atom is 0.347 e. The SMILES string of the molecule is O=c1nc2c(c(-c3ccccc3Br)[nH]1)CCCCN2. The summed E-state index contributed by atoms with van der Waals surface area (Å²) in [4.78, 5) is 18.7. The van der Waals surface area contributed by atoms with Gasteiger partial charge in [0.05, 0.1) is 5.69 Å². The lowest BCUT2D eigenvalue weighted by Crippen LogP contribution is -2.17. The van der Waals surface area contributed by atoms with Crippen molar-refractivity contribution in [2.75, 3.05) is 11.9 Å². The van der Waals surface area contributed by atoms with Gasteiger partial charge in [0.1, 0.15) is 5.82 Å². The van der Waals surface area contributed by atoms with Crippen LogP contribution in [-0.2, 0) is 6.42 Å². The van der Waals surface area contributed by atoms with Crippen molar-refractivity contribution in [2.45, 2.75) is 19.3 Å². The Morgan fingerprint density at radius 1 is 1.21 bits per heavy atom. The summed E-state index contributed by atoms with van der Waals surface area (Å²) >= 11 is 3.54. The third-order valence-corrected chi connectivity index (χ3v) is 4.01. The molecule has 1 aliphatic rings. The van der Waals surface area contributed by atoms with Crippen LogP contribution in [0.3, 0.4) is 0 Å². The molecule has 0 amide bonds. The van der Waals surface area contributed by atoms with Crippen LogP contribution in [0.1, 0.15) is 18.4 Å². The van der Waals surface area contributed by atoms with Gasteiger partial charge in [-0.3, -0.25) is 0 Å². The van der Waals surface area contributed by atoms with Crippen molar-refractivity contribution >= 4 is 21.7 Å². The molecule has 2 heterocycles. The molecule has 0 saturated heterocycles. The van der Waals surface area contributed by atoms with Crippen LogP contribution in [0.5, 0.6) is 0 Å². The normalized spacial score (nSPS) is 14.4. The molecule has 1 aromatic heterocycles. The number of H-pyrrole nitrogens is 1. The highest BCUT2D eigenvalue weighted by Gasteiger charge is 2.17. The summed E-state index contributed by atoms with van der Waals surface area (Å²) in [6.07, 6.45) is 3.13. The zero-order valence-electron chi connectivity index (χ0n) is 10.4. The van der Waals surface area contributed by atoms with Gasteiger partial charge in [0.25, 0.3) is 0 Å². The highest BCUT2D eigenvalue weighted by Crippen LogP contribution is 2.32. The van der Waals surface area contributed by atoms with Gasteiger partial charge in [0.2, 0.25) is 0 Å². The summed E-state index contributed by atoms with van der Waals surface area (Å²) in [6.45, 7) is 0.874. The van der Waals surface area contributed by atoms with Crippen LogP contribution in [0.15, 0.2) is 33.5 Å². The Labute approximate surface area is 119 Å². The molecule has 0 atom stereocenters. The molecule has 19 heavy (non-hydrogen) atoms. The molecule has 1 aromatic carbocycles. The first kappa shape index (κ1) is 12.4. The predicted octanol–water partition coefficient (Wildman–Crippen LogP) is 2.95. The van der Waals surface area contributed by atoms with Gasteiger partial charge < -0.3 is 10.3 Å². The molecule has 2 N–H and O–H groups in total. The molecule has 0 saturated carbocycles. The van der Waals surface area contributed by atoms with E-state index < -0.39 is 0 Å². The van der Waals surface area contributed by atoms with Gasteiger partial charge in [0, 0.05) is 22.1 Å². The average Bonchev–Trinajstić information content (AvgIpc) is 2.63. The molecule has 0 bridgehead atoms. The Morgan fingerprint density at radius 2 is 2.05 bits per heavy atom. The van der Waals surface area contributed by atoms with Crippen molar-refractivity contribution in [2.24, 2.45) is 0 Å². The first-order chi connectivity index (χ1) is 9.25. The summed E-state index contributed by atoms with van der Waals surface area (Å²) in [7, 11) is 0. The van der Waals surface area contributed by atoms with Crippen LogP contribution in [0.25, 0.3) is 11.3 Å². The van der Waals surface area contributed by atoms with E-state index in [0.717, 1.165) is 52.9 Å². The molecule has 3 rings (SSSR count). The van der Waals surface area contributed by atoms with E-state index in [0.29, 0.717) is 0 Å².